The molecule has 18 heavy (non-hydrogen) atoms. The maximum atomic E-state index is 13.9. The van der Waals surface area contributed by atoms with Crippen LogP contribution >= 0.6 is 0 Å². The molecule has 3 heteroatoms. The van der Waals surface area contributed by atoms with E-state index in [9.17, 15) is 8.78 Å². The van der Waals surface area contributed by atoms with Gasteiger partial charge in [-0.1, -0.05) is 33.3 Å². The number of rotatable bonds is 6. The van der Waals surface area contributed by atoms with Crippen molar-refractivity contribution in [3.8, 4) is 0 Å². The lowest BCUT2D eigenvalue weighted by molar-refractivity contribution is 0.457. The fourth-order valence-corrected chi connectivity index (χ4v) is 1.97. The summed E-state index contributed by atoms with van der Waals surface area (Å²) in [5.41, 5.74) is 0.488. The Balaban J connectivity index is 2.85. The summed E-state index contributed by atoms with van der Waals surface area (Å²) in [5, 5.41) is 3.02. The largest absolute Gasteiger partial charge is 0.378 e. The molecule has 1 nitrogen and oxygen atoms in total. The van der Waals surface area contributed by atoms with Gasteiger partial charge in [0.2, 0.25) is 0 Å². The number of hydrogen-bond donors (Lipinski definition) is 1. The van der Waals surface area contributed by atoms with E-state index in [2.05, 4.69) is 19.2 Å². The van der Waals surface area contributed by atoms with Crippen molar-refractivity contribution in [1.82, 2.24) is 0 Å². The SMILES string of the molecule is CCC(C)CC(CC)Nc1c(F)ccc(C)c1F. The zero-order valence-corrected chi connectivity index (χ0v) is 11.7. The molecule has 1 rings (SSSR count). The standard InChI is InChI=1S/C15H23F2N/c1-5-10(3)9-12(6-2)18-15-13(16)8-7-11(4)14(15)17/h7-8,10,12,18H,5-6,9H2,1-4H3. The Bertz CT molecular complexity index is 390. The van der Waals surface area contributed by atoms with Gasteiger partial charge in [-0.05, 0) is 37.3 Å². The van der Waals surface area contributed by atoms with Gasteiger partial charge in [-0.3, -0.25) is 0 Å². The van der Waals surface area contributed by atoms with Gasteiger partial charge < -0.3 is 5.32 Å². The third-order valence-electron chi connectivity index (χ3n) is 3.51. The molecule has 0 heterocycles. The number of anilines is 1. The van der Waals surface area contributed by atoms with E-state index in [1.807, 2.05) is 6.92 Å². The van der Waals surface area contributed by atoms with E-state index in [1.165, 1.54) is 12.1 Å². The third-order valence-corrected chi connectivity index (χ3v) is 3.51. The highest BCUT2D eigenvalue weighted by atomic mass is 19.1. The van der Waals surface area contributed by atoms with Crippen LogP contribution in [0.2, 0.25) is 0 Å². The number of benzene rings is 1. The van der Waals surface area contributed by atoms with E-state index in [1.54, 1.807) is 6.92 Å². The van der Waals surface area contributed by atoms with Crippen molar-refractivity contribution in [3.05, 3.63) is 29.3 Å². The van der Waals surface area contributed by atoms with E-state index in [0.717, 1.165) is 19.3 Å². The summed E-state index contributed by atoms with van der Waals surface area (Å²) >= 11 is 0. The van der Waals surface area contributed by atoms with Crippen LogP contribution in [0.15, 0.2) is 12.1 Å². The Kier molecular flexibility index (Phi) is 5.57. The number of aryl methyl sites for hydroxylation is 1. The van der Waals surface area contributed by atoms with Gasteiger partial charge in [-0.25, -0.2) is 8.78 Å². The molecule has 0 aliphatic carbocycles. The predicted molar refractivity (Wildman–Crippen MR) is 72.9 cm³/mol. The second-order valence-electron chi connectivity index (χ2n) is 5.05. The van der Waals surface area contributed by atoms with Crippen molar-refractivity contribution in [3.63, 3.8) is 0 Å². The van der Waals surface area contributed by atoms with Crippen LogP contribution in [-0.4, -0.2) is 6.04 Å². The molecule has 0 saturated heterocycles. The van der Waals surface area contributed by atoms with Crippen LogP contribution in [0.1, 0.15) is 45.6 Å². The highest BCUT2D eigenvalue weighted by molar-refractivity contribution is 5.49. The molecule has 1 aromatic carbocycles. The Morgan fingerprint density at radius 2 is 1.83 bits per heavy atom. The number of hydrogen-bond acceptors (Lipinski definition) is 1. The lowest BCUT2D eigenvalue weighted by Gasteiger charge is -2.22. The fourth-order valence-electron chi connectivity index (χ4n) is 1.97. The Labute approximate surface area is 109 Å². The first-order chi connectivity index (χ1) is 8.49. The first-order valence-corrected chi connectivity index (χ1v) is 6.70. The van der Waals surface area contributed by atoms with E-state index < -0.39 is 11.6 Å². The fraction of sp³-hybridized carbons (Fsp3) is 0.600. The smallest absolute Gasteiger partial charge is 0.152 e. The zero-order valence-electron chi connectivity index (χ0n) is 11.7. The molecule has 0 amide bonds. The first-order valence-electron chi connectivity index (χ1n) is 6.70. The quantitative estimate of drug-likeness (QED) is 0.762. The van der Waals surface area contributed by atoms with Gasteiger partial charge in [0, 0.05) is 6.04 Å². The molecular formula is C15H23F2N. The van der Waals surface area contributed by atoms with E-state index in [4.69, 9.17) is 0 Å². The first kappa shape index (κ1) is 14.9. The van der Waals surface area contributed by atoms with Gasteiger partial charge >= 0.3 is 0 Å². The van der Waals surface area contributed by atoms with Gasteiger partial charge in [-0.15, -0.1) is 0 Å². The predicted octanol–water partition coefficient (Wildman–Crippen LogP) is 4.90. The minimum atomic E-state index is -0.513. The molecule has 1 N–H and O–H groups in total. The summed E-state index contributed by atoms with van der Waals surface area (Å²) in [5.74, 6) is -0.434. The molecule has 2 atom stereocenters. The minimum absolute atomic E-state index is 0.0187. The van der Waals surface area contributed by atoms with Gasteiger partial charge in [0.15, 0.2) is 5.82 Å². The van der Waals surface area contributed by atoms with Crippen LogP contribution in [0.25, 0.3) is 0 Å². The molecule has 0 saturated carbocycles. The van der Waals surface area contributed by atoms with Crippen molar-refractivity contribution in [2.24, 2.45) is 5.92 Å². The summed E-state index contributed by atoms with van der Waals surface area (Å²) in [7, 11) is 0. The molecule has 0 aromatic heterocycles. The minimum Gasteiger partial charge on any atom is -0.378 e. The van der Waals surface area contributed by atoms with E-state index >= 15 is 0 Å². The molecule has 0 bridgehead atoms. The van der Waals surface area contributed by atoms with Gasteiger partial charge in [0.25, 0.3) is 0 Å². The van der Waals surface area contributed by atoms with Crippen LogP contribution in [0, 0.1) is 24.5 Å². The lowest BCUT2D eigenvalue weighted by Crippen LogP contribution is -2.22. The molecule has 2 unspecified atom stereocenters. The van der Waals surface area contributed by atoms with Crippen LogP contribution in [0.3, 0.4) is 0 Å². The van der Waals surface area contributed by atoms with Crippen molar-refractivity contribution >= 4 is 5.69 Å². The van der Waals surface area contributed by atoms with Crippen molar-refractivity contribution in [2.75, 3.05) is 5.32 Å². The second kappa shape index (κ2) is 6.72. The zero-order chi connectivity index (χ0) is 13.7. The summed E-state index contributed by atoms with van der Waals surface area (Å²) in [4.78, 5) is 0. The highest BCUT2D eigenvalue weighted by Crippen LogP contribution is 2.24. The summed E-state index contributed by atoms with van der Waals surface area (Å²) < 4.78 is 27.5. The van der Waals surface area contributed by atoms with Gasteiger partial charge in [0.05, 0.1) is 0 Å². The number of halogens is 2. The van der Waals surface area contributed by atoms with Crippen LogP contribution in [0.4, 0.5) is 14.5 Å². The van der Waals surface area contributed by atoms with Gasteiger partial charge in [0.1, 0.15) is 11.5 Å². The molecule has 0 aliphatic heterocycles. The molecular weight excluding hydrogens is 232 g/mol. The molecule has 0 radical (unpaired) electrons. The molecule has 102 valence electrons. The summed E-state index contributed by atoms with van der Waals surface area (Å²) in [6.07, 6.45) is 2.87. The van der Waals surface area contributed by atoms with Gasteiger partial charge in [-0.2, -0.15) is 0 Å². The van der Waals surface area contributed by atoms with Crippen molar-refractivity contribution in [2.45, 2.75) is 53.0 Å². The van der Waals surface area contributed by atoms with Crippen molar-refractivity contribution in [1.29, 1.82) is 0 Å². The van der Waals surface area contributed by atoms with E-state index in [-0.39, 0.29) is 11.7 Å². The molecule has 0 fully saturated rings. The normalized spacial score (nSPS) is 14.3. The van der Waals surface area contributed by atoms with Crippen LogP contribution < -0.4 is 5.32 Å². The van der Waals surface area contributed by atoms with Crippen molar-refractivity contribution < 1.29 is 8.78 Å². The lowest BCUT2D eigenvalue weighted by atomic mass is 9.97. The Morgan fingerprint density at radius 1 is 1.17 bits per heavy atom. The average molecular weight is 255 g/mol. The molecule has 0 spiro atoms. The van der Waals surface area contributed by atoms with Crippen LogP contribution in [0.5, 0.6) is 0 Å². The second-order valence-corrected chi connectivity index (χ2v) is 5.05. The Morgan fingerprint density at radius 3 is 2.39 bits per heavy atom. The Hall–Kier alpha value is -1.12. The highest BCUT2D eigenvalue weighted by Gasteiger charge is 2.16. The molecule has 0 aliphatic rings. The maximum absolute atomic E-state index is 13.9. The van der Waals surface area contributed by atoms with E-state index in [0.29, 0.717) is 11.5 Å². The average Bonchev–Trinajstić information content (AvgIpc) is 2.37. The third kappa shape index (κ3) is 3.69. The molecule has 1 aromatic rings. The summed E-state index contributed by atoms with van der Waals surface area (Å²) in [6, 6.07) is 2.90. The van der Waals surface area contributed by atoms with Crippen LogP contribution in [-0.2, 0) is 0 Å². The maximum Gasteiger partial charge on any atom is 0.152 e. The summed E-state index contributed by atoms with van der Waals surface area (Å²) in [6.45, 7) is 7.97. The number of nitrogens with one attached hydrogen (secondary N) is 1. The topological polar surface area (TPSA) is 12.0 Å². The monoisotopic (exact) mass is 255 g/mol.